The average Bonchev–Trinajstić information content (AvgIpc) is 2.64. The number of hydrogen-bond donors (Lipinski definition) is 2. The van der Waals surface area contributed by atoms with E-state index in [4.69, 9.17) is 10.5 Å². The van der Waals surface area contributed by atoms with Gasteiger partial charge in [-0.15, -0.1) is 0 Å². The molecule has 0 atom stereocenters. The number of rotatable bonds is 5. The molecule has 0 bridgehead atoms. The zero-order chi connectivity index (χ0) is 17.6. The molecule has 0 spiro atoms. The van der Waals surface area contributed by atoms with Gasteiger partial charge in [0.25, 0.3) is 5.91 Å². The van der Waals surface area contributed by atoms with E-state index in [0.717, 1.165) is 16.3 Å². The third kappa shape index (κ3) is 4.14. The van der Waals surface area contributed by atoms with Gasteiger partial charge in [-0.05, 0) is 36.1 Å². The first-order valence-electron chi connectivity index (χ1n) is 7.93. The van der Waals surface area contributed by atoms with Gasteiger partial charge in [-0.1, -0.05) is 48.5 Å². The highest BCUT2D eigenvalue weighted by Gasteiger charge is 2.06. The number of hydrazone groups is 1. The zero-order valence-electron chi connectivity index (χ0n) is 13.9. The smallest absolute Gasteiger partial charge is 0.277 e. The summed E-state index contributed by atoms with van der Waals surface area (Å²) in [5, 5.41) is 6.13. The second-order valence-corrected chi connectivity index (χ2v) is 5.62. The molecule has 0 aromatic heterocycles. The normalized spacial score (nSPS) is 11.3. The van der Waals surface area contributed by atoms with Gasteiger partial charge < -0.3 is 10.5 Å². The second kappa shape index (κ2) is 7.49. The molecule has 0 aliphatic heterocycles. The first-order valence-corrected chi connectivity index (χ1v) is 7.93. The van der Waals surface area contributed by atoms with E-state index in [1.165, 1.54) is 0 Å². The molecule has 0 saturated carbocycles. The highest BCUT2D eigenvalue weighted by Crippen LogP contribution is 2.24. The van der Waals surface area contributed by atoms with Crippen molar-refractivity contribution in [3.8, 4) is 5.75 Å². The molecule has 0 heterocycles. The van der Waals surface area contributed by atoms with Crippen LogP contribution in [0, 0.1) is 0 Å². The first-order chi connectivity index (χ1) is 12.1. The number of anilines is 1. The Kier molecular flexibility index (Phi) is 4.95. The Bertz CT molecular complexity index is 930. The fourth-order valence-electron chi connectivity index (χ4n) is 2.47. The van der Waals surface area contributed by atoms with Crippen molar-refractivity contribution >= 4 is 28.1 Å². The molecule has 3 N–H and O–H groups in total. The van der Waals surface area contributed by atoms with Gasteiger partial charge in [0.1, 0.15) is 5.75 Å². The minimum atomic E-state index is -0.323. The number of ether oxygens (including phenoxy) is 1. The molecule has 126 valence electrons. The summed E-state index contributed by atoms with van der Waals surface area (Å²) in [4.78, 5) is 12.0. The summed E-state index contributed by atoms with van der Waals surface area (Å²) < 4.78 is 5.64. The lowest BCUT2D eigenvalue weighted by molar-refractivity contribution is -0.123. The number of carbonyl (C=O) groups is 1. The van der Waals surface area contributed by atoms with Crippen LogP contribution in [0.4, 0.5) is 5.69 Å². The maximum absolute atomic E-state index is 12.0. The maximum Gasteiger partial charge on any atom is 0.277 e. The number of nitrogens with one attached hydrogen (secondary N) is 1. The van der Waals surface area contributed by atoms with Gasteiger partial charge in [-0.3, -0.25) is 4.79 Å². The monoisotopic (exact) mass is 333 g/mol. The standard InChI is InChI=1S/C20H19N3O2/c1-14(16-8-4-9-17(21)12-16)22-23-20(24)13-25-19-11-5-7-15-6-2-3-10-18(15)19/h2-12H,13,21H2,1H3,(H,23,24). The lowest BCUT2D eigenvalue weighted by Gasteiger charge is -2.09. The molecule has 3 aromatic carbocycles. The molecule has 3 aromatic rings. The fourth-order valence-corrected chi connectivity index (χ4v) is 2.47. The molecule has 3 rings (SSSR count). The van der Waals surface area contributed by atoms with Crippen LogP contribution in [0.2, 0.25) is 0 Å². The van der Waals surface area contributed by atoms with Gasteiger partial charge in [-0.25, -0.2) is 5.43 Å². The number of carbonyl (C=O) groups excluding carboxylic acids is 1. The molecular weight excluding hydrogens is 314 g/mol. The maximum atomic E-state index is 12.0. The number of nitrogens with zero attached hydrogens (tertiary/aromatic N) is 1. The van der Waals surface area contributed by atoms with Crippen molar-refractivity contribution in [3.63, 3.8) is 0 Å². The number of nitrogens with two attached hydrogens (primary N) is 1. The van der Waals surface area contributed by atoms with E-state index < -0.39 is 0 Å². The average molecular weight is 333 g/mol. The van der Waals surface area contributed by atoms with Crippen LogP contribution in [0.25, 0.3) is 10.8 Å². The van der Waals surface area contributed by atoms with E-state index >= 15 is 0 Å². The summed E-state index contributed by atoms with van der Waals surface area (Å²) in [5.41, 5.74) is 10.4. The summed E-state index contributed by atoms with van der Waals surface area (Å²) in [5.74, 6) is 0.348. The van der Waals surface area contributed by atoms with Gasteiger partial charge in [-0.2, -0.15) is 5.10 Å². The molecule has 0 fully saturated rings. The second-order valence-electron chi connectivity index (χ2n) is 5.62. The molecule has 5 heteroatoms. The summed E-state index contributed by atoms with van der Waals surface area (Å²) in [6.07, 6.45) is 0. The highest BCUT2D eigenvalue weighted by atomic mass is 16.5. The molecule has 0 aliphatic rings. The minimum Gasteiger partial charge on any atom is -0.483 e. The highest BCUT2D eigenvalue weighted by molar-refractivity contribution is 6.00. The van der Waals surface area contributed by atoms with Crippen molar-refractivity contribution in [1.29, 1.82) is 0 Å². The molecule has 5 nitrogen and oxygen atoms in total. The fraction of sp³-hybridized carbons (Fsp3) is 0.100. The van der Waals surface area contributed by atoms with Crippen LogP contribution in [0.3, 0.4) is 0 Å². The van der Waals surface area contributed by atoms with Crippen LogP contribution in [-0.4, -0.2) is 18.2 Å². The van der Waals surface area contributed by atoms with Crippen molar-refractivity contribution in [2.45, 2.75) is 6.92 Å². The number of amides is 1. The van der Waals surface area contributed by atoms with Crippen LogP contribution in [0.1, 0.15) is 12.5 Å². The predicted molar refractivity (Wildman–Crippen MR) is 101 cm³/mol. The van der Waals surface area contributed by atoms with Gasteiger partial charge in [0.2, 0.25) is 0 Å². The molecule has 25 heavy (non-hydrogen) atoms. The first kappa shape index (κ1) is 16.5. The quantitative estimate of drug-likeness (QED) is 0.427. The largest absolute Gasteiger partial charge is 0.483 e. The molecular formula is C20H19N3O2. The van der Waals surface area contributed by atoms with Crippen molar-refractivity contribution in [2.75, 3.05) is 12.3 Å². The third-order valence-corrected chi connectivity index (χ3v) is 3.76. The van der Waals surface area contributed by atoms with Gasteiger partial charge >= 0.3 is 0 Å². The minimum absolute atomic E-state index is 0.109. The Hall–Kier alpha value is -3.34. The van der Waals surface area contributed by atoms with E-state index in [-0.39, 0.29) is 12.5 Å². The zero-order valence-corrected chi connectivity index (χ0v) is 13.9. The third-order valence-electron chi connectivity index (χ3n) is 3.76. The van der Waals surface area contributed by atoms with E-state index in [0.29, 0.717) is 17.1 Å². The Balaban J connectivity index is 1.62. The van der Waals surface area contributed by atoms with Crippen LogP contribution in [-0.2, 0) is 4.79 Å². The van der Waals surface area contributed by atoms with E-state index in [1.807, 2.05) is 54.6 Å². The number of benzene rings is 3. The van der Waals surface area contributed by atoms with Crippen molar-refractivity contribution < 1.29 is 9.53 Å². The SMILES string of the molecule is CC(=NNC(=O)COc1cccc2ccccc12)c1cccc(N)c1. The summed E-state index contributed by atoms with van der Waals surface area (Å²) >= 11 is 0. The van der Waals surface area contributed by atoms with E-state index in [1.54, 1.807) is 19.1 Å². The molecule has 0 aliphatic carbocycles. The van der Waals surface area contributed by atoms with E-state index in [2.05, 4.69) is 10.5 Å². The lowest BCUT2D eigenvalue weighted by atomic mass is 10.1. The van der Waals surface area contributed by atoms with Crippen LogP contribution < -0.4 is 15.9 Å². The van der Waals surface area contributed by atoms with E-state index in [9.17, 15) is 4.79 Å². The Morgan fingerprint density at radius 3 is 2.68 bits per heavy atom. The number of hydrogen-bond acceptors (Lipinski definition) is 4. The van der Waals surface area contributed by atoms with Crippen molar-refractivity contribution in [1.82, 2.24) is 5.43 Å². The summed E-state index contributed by atoms with van der Waals surface area (Å²) in [7, 11) is 0. The van der Waals surface area contributed by atoms with Crippen molar-refractivity contribution in [2.24, 2.45) is 5.10 Å². The topological polar surface area (TPSA) is 76.7 Å². The molecule has 0 unspecified atom stereocenters. The van der Waals surface area contributed by atoms with Crippen LogP contribution in [0.5, 0.6) is 5.75 Å². The Morgan fingerprint density at radius 2 is 1.84 bits per heavy atom. The number of fused-ring (bicyclic) bond motifs is 1. The van der Waals surface area contributed by atoms with Crippen molar-refractivity contribution in [3.05, 3.63) is 72.3 Å². The summed E-state index contributed by atoms with van der Waals surface area (Å²) in [6.45, 7) is 1.70. The summed E-state index contributed by atoms with van der Waals surface area (Å²) in [6, 6.07) is 20.9. The van der Waals surface area contributed by atoms with Gasteiger partial charge in [0.05, 0.1) is 5.71 Å². The molecule has 0 saturated heterocycles. The lowest BCUT2D eigenvalue weighted by Crippen LogP contribution is -2.25. The van der Waals surface area contributed by atoms with Crippen LogP contribution >= 0.6 is 0 Å². The van der Waals surface area contributed by atoms with Gasteiger partial charge in [0, 0.05) is 11.1 Å². The number of nitrogen functional groups attached to an aromatic ring is 1. The van der Waals surface area contributed by atoms with Crippen LogP contribution in [0.15, 0.2) is 71.8 Å². The molecule has 0 radical (unpaired) electrons. The Morgan fingerprint density at radius 1 is 1.08 bits per heavy atom. The predicted octanol–water partition coefficient (Wildman–Crippen LogP) is 3.34. The Labute approximate surface area is 146 Å². The molecule has 1 amide bonds. The van der Waals surface area contributed by atoms with Gasteiger partial charge in [0.15, 0.2) is 6.61 Å².